The van der Waals surface area contributed by atoms with E-state index in [4.69, 9.17) is 0 Å². The first-order valence-electron chi connectivity index (χ1n) is 11.2. The monoisotopic (exact) mass is 493 g/mol. The number of benzene rings is 1. The van der Waals surface area contributed by atoms with Gasteiger partial charge in [0.25, 0.3) is 11.5 Å². The zero-order valence-corrected chi connectivity index (χ0v) is 19.6. The van der Waals surface area contributed by atoms with E-state index in [9.17, 15) is 22.8 Å². The zero-order chi connectivity index (χ0) is 24.6. The Balaban J connectivity index is 1.43. The van der Waals surface area contributed by atoms with Crippen LogP contribution in [-0.4, -0.2) is 45.1 Å². The molecule has 4 heterocycles. The molecular weight excluding hydrogens is 470 g/mol. The lowest BCUT2D eigenvalue weighted by Crippen LogP contribution is -2.45. The number of aromatic nitrogens is 4. The van der Waals surface area contributed by atoms with Gasteiger partial charge < -0.3 is 5.32 Å². The van der Waals surface area contributed by atoms with Gasteiger partial charge in [-0.05, 0) is 30.5 Å². The summed E-state index contributed by atoms with van der Waals surface area (Å²) in [5, 5.41) is 2.60. The smallest absolute Gasteiger partial charge is 0.332 e. The van der Waals surface area contributed by atoms with Crippen molar-refractivity contribution in [1.82, 2.24) is 23.8 Å². The van der Waals surface area contributed by atoms with Gasteiger partial charge in [0.15, 0.2) is 14.9 Å². The van der Waals surface area contributed by atoms with Crippen LogP contribution in [0.2, 0.25) is 0 Å². The number of nitrogens with one attached hydrogen (secondary N) is 1. The minimum atomic E-state index is -3.78. The molecule has 11 heteroatoms. The Morgan fingerprint density at radius 3 is 2.66 bits per heavy atom. The summed E-state index contributed by atoms with van der Waals surface area (Å²) in [7, 11) is -3.78. The Bertz CT molecular complexity index is 1650. The number of nitrogens with zero attached hydrogens (tertiary/aromatic N) is 4. The summed E-state index contributed by atoms with van der Waals surface area (Å²) < 4.78 is 29.7. The van der Waals surface area contributed by atoms with Crippen molar-refractivity contribution < 1.29 is 13.2 Å². The molecule has 3 aromatic heterocycles. The van der Waals surface area contributed by atoms with Crippen molar-refractivity contribution in [3.8, 4) is 11.1 Å². The highest BCUT2D eigenvalue weighted by Gasteiger charge is 2.32. The van der Waals surface area contributed by atoms with E-state index in [-0.39, 0.29) is 41.9 Å². The second-order valence-electron chi connectivity index (χ2n) is 8.29. The number of fused-ring (bicyclic) bond motifs is 2. The summed E-state index contributed by atoms with van der Waals surface area (Å²) in [4.78, 5) is 43.3. The molecule has 0 saturated carbocycles. The number of carbonyl (C=O) groups excluding carboxylic acids is 1. The fourth-order valence-electron chi connectivity index (χ4n) is 4.42. The summed E-state index contributed by atoms with van der Waals surface area (Å²) in [5.74, 6) is -0.412. The van der Waals surface area contributed by atoms with Crippen molar-refractivity contribution in [1.29, 1.82) is 0 Å². The van der Waals surface area contributed by atoms with Crippen LogP contribution in [0.15, 0.2) is 75.5 Å². The van der Waals surface area contributed by atoms with E-state index in [1.807, 2.05) is 0 Å². The molecule has 0 bridgehead atoms. The zero-order valence-electron chi connectivity index (χ0n) is 18.8. The molecule has 1 aliphatic rings. The van der Waals surface area contributed by atoms with Crippen LogP contribution in [0.5, 0.6) is 0 Å². The van der Waals surface area contributed by atoms with Crippen LogP contribution >= 0.6 is 0 Å². The summed E-state index contributed by atoms with van der Waals surface area (Å²) in [6.45, 7) is 0.475. The quantitative estimate of drug-likeness (QED) is 0.319. The number of pyridine rings is 1. The minimum absolute atomic E-state index is 0.0146. The average molecular weight is 494 g/mol. The Morgan fingerprint density at radius 1 is 1.06 bits per heavy atom. The van der Waals surface area contributed by atoms with E-state index in [1.54, 1.807) is 65.3 Å². The third-order valence-corrected chi connectivity index (χ3v) is 7.88. The van der Waals surface area contributed by atoms with Gasteiger partial charge in [-0.1, -0.05) is 36.4 Å². The molecule has 0 aliphatic carbocycles. The molecule has 35 heavy (non-hydrogen) atoms. The van der Waals surface area contributed by atoms with Crippen molar-refractivity contribution in [2.75, 3.05) is 12.3 Å². The average Bonchev–Trinajstić information content (AvgIpc) is 3.33. The second-order valence-corrected chi connectivity index (χ2v) is 10.3. The number of carbonyl (C=O) groups is 1. The molecular formula is C24H23N5O5S. The van der Waals surface area contributed by atoms with Crippen LogP contribution in [0.3, 0.4) is 0 Å². The van der Waals surface area contributed by atoms with Gasteiger partial charge >= 0.3 is 5.69 Å². The van der Waals surface area contributed by atoms with E-state index < -0.39 is 21.1 Å². The number of hydrogen-bond acceptors (Lipinski definition) is 6. The lowest BCUT2D eigenvalue weighted by Gasteiger charge is -2.23. The Kier molecular flexibility index (Phi) is 5.85. The Hall–Kier alpha value is -3.99. The third-order valence-electron chi connectivity index (χ3n) is 6.04. The van der Waals surface area contributed by atoms with Gasteiger partial charge in [0, 0.05) is 32.0 Å². The highest BCUT2D eigenvalue weighted by molar-refractivity contribution is 7.91. The molecule has 180 valence electrons. The predicted octanol–water partition coefficient (Wildman–Crippen LogP) is 1.32. The van der Waals surface area contributed by atoms with E-state index in [0.717, 1.165) is 4.57 Å². The molecule has 0 spiro atoms. The van der Waals surface area contributed by atoms with Crippen LogP contribution < -0.4 is 16.6 Å². The molecule has 0 unspecified atom stereocenters. The lowest BCUT2D eigenvalue weighted by atomic mass is 10.1. The van der Waals surface area contributed by atoms with E-state index in [2.05, 4.69) is 10.3 Å². The Labute approximate surface area is 200 Å². The number of amides is 1. The Morgan fingerprint density at radius 2 is 1.86 bits per heavy atom. The second kappa shape index (κ2) is 8.99. The van der Waals surface area contributed by atoms with Crippen molar-refractivity contribution in [3.63, 3.8) is 0 Å². The van der Waals surface area contributed by atoms with Crippen molar-refractivity contribution in [2.24, 2.45) is 0 Å². The standard InChI is InChI=1S/C24H23N5O5S/c30-21(18-9-4-10-19-25-12-15-27(18)19)26-11-5-13-28-22(31)20(17-7-2-1-3-8-17)23-29(24(28)32)14-6-16-35(23,33)34/h1-4,7-10,12,15H,5-6,11,13-14,16H2,(H,26,30). The lowest BCUT2D eigenvalue weighted by molar-refractivity contribution is 0.0946. The summed E-state index contributed by atoms with van der Waals surface area (Å²) in [6.07, 6.45) is 3.91. The minimum Gasteiger partial charge on any atom is -0.351 e. The third kappa shape index (κ3) is 4.08. The highest BCUT2D eigenvalue weighted by Crippen LogP contribution is 2.27. The molecule has 0 fully saturated rings. The number of rotatable bonds is 6. The molecule has 1 N–H and O–H groups in total. The van der Waals surface area contributed by atoms with Crippen LogP contribution in [-0.2, 0) is 22.9 Å². The van der Waals surface area contributed by atoms with Crippen LogP contribution in [0, 0.1) is 0 Å². The van der Waals surface area contributed by atoms with E-state index in [1.165, 1.54) is 4.57 Å². The number of hydrogen-bond donors (Lipinski definition) is 1. The van der Waals surface area contributed by atoms with Gasteiger partial charge in [0.2, 0.25) is 0 Å². The molecule has 0 saturated heterocycles. The maximum atomic E-state index is 13.4. The number of sulfone groups is 1. The molecule has 1 aromatic carbocycles. The topological polar surface area (TPSA) is 125 Å². The van der Waals surface area contributed by atoms with Gasteiger partial charge in [0.1, 0.15) is 11.3 Å². The van der Waals surface area contributed by atoms with Crippen molar-refractivity contribution in [2.45, 2.75) is 31.0 Å². The maximum Gasteiger partial charge on any atom is 0.332 e. The molecule has 0 atom stereocenters. The predicted molar refractivity (Wildman–Crippen MR) is 129 cm³/mol. The van der Waals surface area contributed by atoms with E-state index in [0.29, 0.717) is 29.7 Å². The van der Waals surface area contributed by atoms with Gasteiger partial charge in [-0.15, -0.1) is 0 Å². The first-order chi connectivity index (χ1) is 16.9. The van der Waals surface area contributed by atoms with E-state index >= 15 is 0 Å². The van der Waals surface area contributed by atoms with Crippen molar-refractivity contribution >= 4 is 21.4 Å². The highest BCUT2D eigenvalue weighted by atomic mass is 32.2. The largest absolute Gasteiger partial charge is 0.351 e. The molecule has 1 aliphatic heterocycles. The molecule has 5 rings (SSSR count). The van der Waals surface area contributed by atoms with Crippen molar-refractivity contribution in [3.05, 3.63) is 87.5 Å². The molecule has 10 nitrogen and oxygen atoms in total. The fraction of sp³-hybridized carbons (Fsp3) is 0.250. The number of imidazole rings is 1. The fourth-order valence-corrected chi connectivity index (χ4v) is 6.15. The maximum absolute atomic E-state index is 13.4. The van der Waals surface area contributed by atoms with Crippen LogP contribution in [0.4, 0.5) is 0 Å². The van der Waals surface area contributed by atoms with Crippen LogP contribution in [0.1, 0.15) is 23.3 Å². The van der Waals surface area contributed by atoms with Gasteiger partial charge in [-0.3, -0.25) is 23.1 Å². The van der Waals surface area contributed by atoms with Gasteiger partial charge in [-0.25, -0.2) is 18.2 Å². The SMILES string of the molecule is O=C(NCCCn1c(=O)c(-c2ccccc2)c2n(c1=O)CCCS2(=O)=O)c1cccc2nccn12. The first kappa shape index (κ1) is 22.8. The summed E-state index contributed by atoms with van der Waals surface area (Å²) in [5.41, 5.74) is 0.232. The van der Waals surface area contributed by atoms with Gasteiger partial charge in [0.05, 0.1) is 11.3 Å². The molecule has 0 radical (unpaired) electrons. The normalized spacial score (nSPS) is 14.5. The summed E-state index contributed by atoms with van der Waals surface area (Å²) >= 11 is 0. The summed E-state index contributed by atoms with van der Waals surface area (Å²) in [6, 6.07) is 13.7. The molecule has 1 amide bonds. The molecule has 4 aromatic rings. The van der Waals surface area contributed by atoms with Crippen LogP contribution in [0.25, 0.3) is 16.8 Å². The first-order valence-corrected chi connectivity index (χ1v) is 12.9. The van der Waals surface area contributed by atoms with Gasteiger partial charge in [-0.2, -0.15) is 0 Å².